The number of para-hydroxylation sites is 5. The Labute approximate surface area is 424 Å². The van der Waals surface area contributed by atoms with E-state index in [1.54, 1.807) is 18.2 Å². The van der Waals surface area contributed by atoms with Crippen molar-refractivity contribution in [1.29, 1.82) is 5.26 Å². The lowest BCUT2D eigenvalue weighted by Crippen LogP contribution is -2.11. The Morgan fingerprint density at radius 3 is 1.28 bits per heavy atom. The van der Waals surface area contributed by atoms with Crippen LogP contribution in [0.4, 0.5) is 26.3 Å². The molecule has 0 saturated heterocycles. The lowest BCUT2D eigenvalue weighted by atomic mass is 9.96. The van der Waals surface area contributed by atoms with Gasteiger partial charge in [-0.15, -0.1) is 0 Å². The Hall–Kier alpha value is -9.53. The van der Waals surface area contributed by atoms with Gasteiger partial charge in [-0.2, -0.15) is 31.6 Å². The van der Waals surface area contributed by atoms with Crippen molar-refractivity contribution in [2.75, 3.05) is 0 Å². The van der Waals surface area contributed by atoms with Crippen molar-refractivity contribution >= 4 is 82.4 Å². The molecular weight excluding hydrogens is 953 g/mol. The molecule has 0 bridgehead atoms. The van der Waals surface area contributed by atoms with Crippen molar-refractivity contribution in [3.05, 3.63) is 235 Å². The van der Waals surface area contributed by atoms with E-state index in [1.807, 2.05) is 168 Å². The SMILES string of the molecule is C=C/C=C\c1c(C)n(-c2ccccc2)c2c1ccc1c3ccccc3n(-c3cc(-c4cc(C(F)(F)F)cc(C(F)(F)F)c4)cc(-n4c5ccccc5c5ccc6c7ccccc7n(-c7ccccc7)c6c54)c3C#N)c12. The fourth-order valence-electron chi connectivity index (χ4n) is 11.5. The normalized spacial score (nSPS) is 12.5. The molecule has 4 heterocycles. The van der Waals surface area contributed by atoms with E-state index in [0.29, 0.717) is 22.1 Å². The van der Waals surface area contributed by atoms with Crippen LogP contribution in [0.1, 0.15) is 27.9 Å². The second-order valence-corrected chi connectivity index (χ2v) is 18.7. The molecule has 0 unspecified atom stereocenters. The molecule has 362 valence electrons. The third kappa shape index (κ3) is 6.86. The lowest BCUT2D eigenvalue weighted by Gasteiger charge is -2.20. The number of benzene rings is 9. The highest BCUT2D eigenvalue weighted by molar-refractivity contribution is 6.24. The molecule has 75 heavy (non-hydrogen) atoms. The van der Waals surface area contributed by atoms with Crippen molar-refractivity contribution in [3.8, 4) is 39.9 Å². The van der Waals surface area contributed by atoms with E-state index in [4.69, 9.17) is 0 Å². The molecule has 13 aromatic rings. The van der Waals surface area contributed by atoms with Gasteiger partial charge in [0.15, 0.2) is 0 Å². The van der Waals surface area contributed by atoms with Crippen LogP contribution in [-0.4, -0.2) is 18.3 Å². The molecule has 0 saturated carbocycles. The van der Waals surface area contributed by atoms with Crippen molar-refractivity contribution in [1.82, 2.24) is 18.3 Å². The van der Waals surface area contributed by atoms with Gasteiger partial charge in [0.05, 0.1) is 61.1 Å². The van der Waals surface area contributed by atoms with E-state index in [-0.39, 0.29) is 34.1 Å². The Morgan fingerprint density at radius 1 is 0.440 bits per heavy atom. The van der Waals surface area contributed by atoms with Crippen LogP contribution in [0, 0.1) is 18.3 Å². The summed E-state index contributed by atoms with van der Waals surface area (Å²) in [5.74, 6) is 0. The zero-order valence-electron chi connectivity index (χ0n) is 39.8. The first-order valence-corrected chi connectivity index (χ1v) is 24.2. The Balaban J connectivity index is 1.27. The zero-order chi connectivity index (χ0) is 51.5. The molecule has 0 spiro atoms. The summed E-state index contributed by atoms with van der Waals surface area (Å²) in [6.45, 7) is 5.96. The molecule has 0 radical (unpaired) electrons. The smallest absolute Gasteiger partial charge is 0.311 e. The number of aromatic nitrogens is 4. The van der Waals surface area contributed by atoms with Gasteiger partial charge in [-0.1, -0.05) is 140 Å². The van der Waals surface area contributed by atoms with Gasteiger partial charge in [-0.25, -0.2) is 0 Å². The van der Waals surface area contributed by atoms with Crippen molar-refractivity contribution in [3.63, 3.8) is 0 Å². The monoisotopic (exact) mass is 991 g/mol. The third-order valence-corrected chi connectivity index (χ3v) is 14.6. The van der Waals surface area contributed by atoms with Gasteiger partial charge in [0.2, 0.25) is 0 Å². The van der Waals surface area contributed by atoms with Gasteiger partial charge in [-0.05, 0) is 90.8 Å². The van der Waals surface area contributed by atoms with Crippen LogP contribution in [0.5, 0.6) is 0 Å². The first-order valence-electron chi connectivity index (χ1n) is 24.2. The maximum absolute atomic E-state index is 14.9. The van der Waals surface area contributed by atoms with Crippen LogP contribution in [0.15, 0.2) is 207 Å². The quantitative estimate of drug-likeness (QED) is 0.116. The predicted octanol–water partition coefficient (Wildman–Crippen LogP) is 18.0. The number of hydrogen-bond donors (Lipinski definition) is 0. The largest absolute Gasteiger partial charge is 0.416 e. The molecule has 9 aromatic carbocycles. The molecule has 0 fully saturated rings. The molecule has 0 aliphatic rings. The maximum atomic E-state index is 14.9. The van der Waals surface area contributed by atoms with E-state index >= 15 is 0 Å². The average molecular weight is 992 g/mol. The number of fused-ring (bicyclic) bond motifs is 12. The molecule has 11 heteroatoms. The summed E-state index contributed by atoms with van der Waals surface area (Å²) >= 11 is 0. The number of alkyl halides is 6. The number of allylic oxidation sites excluding steroid dienone is 2. The van der Waals surface area contributed by atoms with E-state index in [9.17, 15) is 31.6 Å². The van der Waals surface area contributed by atoms with Crippen LogP contribution >= 0.6 is 0 Å². The first kappa shape index (κ1) is 45.3. The topological polar surface area (TPSA) is 43.5 Å². The van der Waals surface area contributed by atoms with E-state index < -0.39 is 23.5 Å². The molecular formula is C64H39F6N5. The van der Waals surface area contributed by atoms with Gasteiger partial charge >= 0.3 is 12.4 Å². The van der Waals surface area contributed by atoms with Crippen molar-refractivity contribution in [2.24, 2.45) is 0 Å². The Morgan fingerprint density at radius 2 is 0.827 bits per heavy atom. The second-order valence-electron chi connectivity index (χ2n) is 18.7. The summed E-state index contributed by atoms with van der Waals surface area (Å²) < 4.78 is 97.6. The number of nitrogens with zero attached hydrogens (tertiary/aromatic N) is 5. The molecule has 4 aromatic heterocycles. The van der Waals surface area contributed by atoms with E-state index in [0.717, 1.165) is 89.0 Å². The van der Waals surface area contributed by atoms with Crippen LogP contribution in [0.2, 0.25) is 0 Å². The van der Waals surface area contributed by atoms with Gasteiger partial charge in [0.25, 0.3) is 0 Å². The molecule has 13 rings (SSSR count). The molecule has 5 nitrogen and oxygen atoms in total. The van der Waals surface area contributed by atoms with Gasteiger partial charge < -0.3 is 18.3 Å². The van der Waals surface area contributed by atoms with Crippen molar-refractivity contribution in [2.45, 2.75) is 19.3 Å². The fourth-order valence-corrected chi connectivity index (χ4v) is 11.5. The Kier molecular flexibility index (Phi) is 10.1. The number of halogens is 6. The zero-order valence-corrected chi connectivity index (χ0v) is 39.8. The minimum Gasteiger partial charge on any atom is -0.311 e. The summed E-state index contributed by atoms with van der Waals surface area (Å²) in [5, 5.41) is 18.0. The second kappa shape index (κ2) is 16.8. The van der Waals surface area contributed by atoms with Gasteiger partial charge in [0, 0.05) is 60.3 Å². The van der Waals surface area contributed by atoms with Crippen LogP contribution in [-0.2, 0) is 12.4 Å². The average Bonchev–Trinajstić information content (AvgIpc) is 4.24. The summed E-state index contributed by atoms with van der Waals surface area (Å²) in [6.07, 6.45) is -4.70. The molecule has 0 amide bonds. The highest BCUT2D eigenvalue weighted by atomic mass is 19.4. The first-order chi connectivity index (χ1) is 36.4. The Bertz CT molecular complexity index is 4560. The predicted molar refractivity (Wildman–Crippen MR) is 290 cm³/mol. The standard InChI is InChI=1S/C64H39F6N5/c1-3-4-21-45-38(2)72(43-17-7-5-8-18-43)59-49(45)28-29-51-47-23-12-15-26-55(47)74(61(51)59)57-34-40(39-32-41(63(65,66)67)36-42(33-39)64(68,69)70)35-58(53(57)37-71)75-56-27-16-13-24-48(56)52-31-30-50-46-22-11-14-25-54(46)73(60(50)62(52)75)44-19-9-6-10-20-44/h3-36H,1H2,2H3/b21-4-. The highest BCUT2D eigenvalue weighted by Crippen LogP contribution is 2.47. The van der Waals surface area contributed by atoms with Gasteiger partial charge in [-0.3, -0.25) is 0 Å². The minimum absolute atomic E-state index is 0.0274. The molecule has 0 N–H and O–H groups in total. The number of rotatable bonds is 7. The number of nitriles is 1. The lowest BCUT2D eigenvalue weighted by molar-refractivity contribution is -0.143. The molecule has 0 aliphatic carbocycles. The third-order valence-electron chi connectivity index (χ3n) is 14.6. The van der Waals surface area contributed by atoms with Gasteiger partial charge in [0.1, 0.15) is 11.6 Å². The summed E-state index contributed by atoms with van der Waals surface area (Å²) in [6, 6.07) is 58.7. The van der Waals surface area contributed by atoms with Crippen LogP contribution < -0.4 is 0 Å². The highest BCUT2D eigenvalue weighted by Gasteiger charge is 2.38. The molecule has 0 aliphatic heterocycles. The van der Waals surface area contributed by atoms with E-state index in [1.165, 1.54) is 0 Å². The summed E-state index contributed by atoms with van der Waals surface area (Å²) in [7, 11) is 0. The molecule has 0 atom stereocenters. The van der Waals surface area contributed by atoms with Crippen molar-refractivity contribution < 1.29 is 26.3 Å². The van der Waals surface area contributed by atoms with Crippen LogP contribution in [0.25, 0.3) is 116 Å². The summed E-state index contributed by atoms with van der Waals surface area (Å²) in [4.78, 5) is 0. The number of hydrogen-bond acceptors (Lipinski definition) is 1. The van der Waals surface area contributed by atoms with Crippen LogP contribution in [0.3, 0.4) is 0 Å². The maximum Gasteiger partial charge on any atom is 0.416 e. The van der Waals surface area contributed by atoms with E-state index in [2.05, 4.69) is 40.0 Å². The summed E-state index contributed by atoms with van der Waals surface area (Å²) in [5.41, 5.74) is 6.10. The fraction of sp³-hybridized carbons (Fsp3) is 0.0469. The minimum atomic E-state index is -5.13.